The van der Waals surface area contributed by atoms with Crippen molar-refractivity contribution in [3.8, 4) is 34.1 Å². The number of ether oxygens (including phenoxy) is 8. The molecule has 0 amide bonds. The average Bonchev–Trinajstić information content (AvgIpc) is 4.19. The van der Waals surface area contributed by atoms with Gasteiger partial charge in [0.25, 0.3) is 0 Å². The fourth-order valence-corrected chi connectivity index (χ4v) is 9.05. The van der Waals surface area contributed by atoms with Crippen molar-refractivity contribution in [2.75, 3.05) is 0 Å². The lowest BCUT2D eigenvalue weighted by atomic mass is 9.88. The van der Waals surface area contributed by atoms with Crippen molar-refractivity contribution in [1.82, 2.24) is 0 Å². The molecule has 0 aromatic heterocycles. The lowest BCUT2D eigenvalue weighted by Crippen LogP contribution is -2.13. The SMILES string of the molecule is Cc1cc(-c2cc(C)c(OC(=O)c3ccc4c(c3)C(=O)OC4=O)c(C)c2C)c(C)c(C)c1OC(=O)c1ccc2c(c1)C(=O)OC2=O.O=C(Oc1ccc(OC(=O)c2ccc3c(c2)C(=O)OC3=O)cc1)c1ccc2c(c1)C(=O)OC2=O. The molecule has 0 saturated heterocycles. The summed E-state index contributed by atoms with van der Waals surface area (Å²) < 4.78 is 40.3. The molecule has 0 atom stereocenters. The van der Waals surface area contributed by atoms with Gasteiger partial charge < -0.3 is 37.9 Å². The Morgan fingerprint density at radius 2 is 0.512 bits per heavy atom. The molecule has 7 aromatic rings. The van der Waals surface area contributed by atoms with Crippen LogP contribution in [0.5, 0.6) is 23.0 Å². The zero-order chi connectivity index (χ0) is 57.2. The molecule has 396 valence electrons. The number of carbonyl (C=O) groups excluding carboxylic acids is 12. The van der Waals surface area contributed by atoms with Crippen LogP contribution in [-0.4, -0.2) is 71.6 Å². The van der Waals surface area contributed by atoms with Crippen LogP contribution in [0.15, 0.2) is 109 Å². The molecule has 0 unspecified atom stereocenters. The third-order valence-electron chi connectivity index (χ3n) is 13.5. The topological polar surface area (TPSA) is 279 Å². The first-order valence-corrected chi connectivity index (χ1v) is 23.9. The standard InChI is InChI=1S/C36H26O10.C24H10O10/c1-15-11-25(17(3)19(5)29(15)43-31(37)21-7-9-23-27(13-21)35(41)45-33(23)39)26-12-16(2)30(20(6)18(26)4)44-32(38)22-8-10-24-28(14-22)36(42)46-34(24)40;25-19(11-1-7-15-17(9-11)23(29)33-21(15)27)31-13-3-5-14(6-4-13)32-20(26)12-2-8-16-18(10-12)24(30)34-22(16)28/h7-14H,1-6H3;1-10H. The molecule has 0 aliphatic carbocycles. The molecular weight excluding hydrogens is 1040 g/mol. The van der Waals surface area contributed by atoms with Gasteiger partial charge in [-0.25, -0.2) is 57.5 Å². The summed E-state index contributed by atoms with van der Waals surface area (Å²) in [6, 6.07) is 25.2. The van der Waals surface area contributed by atoms with Gasteiger partial charge in [0.15, 0.2) is 0 Å². The molecule has 4 aliphatic rings. The summed E-state index contributed by atoms with van der Waals surface area (Å²) in [5, 5.41) is 0. The van der Waals surface area contributed by atoms with E-state index >= 15 is 0 Å². The van der Waals surface area contributed by atoms with E-state index in [-0.39, 0.29) is 78.3 Å². The first-order valence-electron chi connectivity index (χ1n) is 23.9. The lowest BCUT2D eigenvalue weighted by Gasteiger charge is -2.21. The highest BCUT2D eigenvalue weighted by Gasteiger charge is 2.35. The quantitative estimate of drug-likeness (QED) is 0.0564. The fraction of sp³-hybridized carbons (Fsp3) is 0.100. The molecule has 0 spiro atoms. The average molecular weight is 1080 g/mol. The van der Waals surface area contributed by atoms with Crippen LogP contribution in [0.25, 0.3) is 11.1 Å². The zero-order valence-electron chi connectivity index (χ0n) is 42.6. The summed E-state index contributed by atoms with van der Waals surface area (Å²) in [5.41, 5.74) is 6.99. The number of rotatable bonds is 9. The van der Waals surface area contributed by atoms with Gasteiger partial charge in [-0.1, -0.05) is 0 Å². The van der Waals surface area contributed by atoms with Gasteiger partial charge in [0.05, 0.1) is 66.8 Å². The Kier molecular flexibility index (Phi) is 13.2. The second-order valence-corrected chi connectivity index (χ2v) is 18.4. The van der Waals surface area contributed by atoms with Gasteiger partial charge in [0.2, 0.25) is 0 Å². The zero-order valence-corrected chi connectivity index (χ0v) is 42.6. The molecule has 20 heteroatoms. The Hall–Kier alpha value is -11.0. The number of aryl methyl sites for hydroxylation is 2. The molecule has 0 bridgehead atoms. The minimum absolute atomic E-state index is 0.0169. The van der Waals surface area contributed by atoms with Crippen LogP contribution in [-0.2, 0) is 18.9 Å². The van der Waals surface area contributed by atoms with Gasteiger partial charge in [-0.2, -0.15) is 0 Å². The van der Waals surface area contributed by atoms with Crippen molar-refractivity contribution in [1.29, 1.82) is 0 Å². The largest absolute Gasteiger partial charge is 0.423 e. The molecule has 0 radical (unpaired) electrons. The van der Waals surface area contributed by atoms with Crippen LogP contribution in [0.2, 0.25) is 0 Å². The number of benzene rings is 7. The molecular formula is C60H36O20. The molecule has 7 aromatic carbocycles. The van der Waals surface area contributed by atoms with Crippen LogP contribution < -0.4 is 18.9 Å². The number of fused-ring (bicyclic) bond motifs is 4. The third-order valence-corrected chi connectivity index (χ3v) is 13.5. The number of carbonyl (C=O) groups is 12. The molecule has 11 rings (SSSR count). The predicted molar refractivity (Wildman–Crippen MR) is 271 cm³/mol. The van der Waals surface area contributed by atoms with Crippen LogP contribution in [0, 0.1) is 41.5 Å². The molecule has 20 nitrogen and oxygen atoms in total. The van der Waals surface area contributed by atoms with Crippen molar-refractivity contribution in [2.24, 2.45) is 0 Å². The highest BCUT2D eigenvalue weighted by Crippen LogP contribution is 2.41. The summed E-state index contributed by atoms with van der Waals surface area (Å²) >= 11 is 0. The first-order chi connectivity index (χ1) is 38.1. The third kappa shape index (κ3) is 9.52. The van der Waals surface area contributed by atoms with Crippen molar-refractivity contribution < 1.29 is 95.4 Å². The van der Waals surface area contributed by atoms with Crippen LogP contribution in [0.4, 0.5) is 0 Å². The van der Waals surface area contributed by atoms with Gasteiger partial charge >= 0.3 is 71.6 Å². The normalized spacial score (nSPS) is 13.4. The Morgan fingerprint density at radius 1 is 0.275 bits per heavy atom. The maximum Gasteiger partial charge on any atom is 0.346 e. The Morgan fingerprint density at radius 3 is 0.775 bits per heavy atom. The van der Waals surface area contributed by atoms with E-state index in [1.54, 1.807) is 0 Å². The van der Waals surface area contributed by atoms with Crippen LogP contribution in [0.3, 0.4) is 0 Å². The van der Waals surface area contributed by atoms with E-state index < -0.39 is 71.6 Å². The van der Waals surface area contributed by atoms with E-state index in [0.717, 1.165) is 33.4 Å². The number of hydrogen-bond acceptors (Lipinski definition) is 20. The minimum Gasteiger partial charge on any atom is -0.423 e. The molecule has 4 heterocycles. The smallest absolute Gasteiger partial charge is 0.346 e. The number of hydrogen-bond donors (Lipinski definition) is 0. The van der Waals surface area contributed by atoms with Crippen molar-refractivity contribution in [3.63, 3.8) is 0 Å². The highest BCUT2D eigenvalue weighted by atomic mass is 16.6. The monoisotopic (exact) mass is 1080 g/mol. The van der Waals surface area contributed by atoms with Crippen molar-refractivity contribution in [2.45, 2.75) is 41.5 Å². The van der Waals surface area contributed by atoms with Crippen molar-refractivity contribution >= 4 is 71.6 Å². The first kappa shape index (κ1) is 52.4. The van der Waals surface area contributed by atoms with Gasteiger partial charge in [-0.15, -0.1) is 0 Å². The maximum absolute atomic E-state index is 13.1. The van der Waals surface area contributed by atoms with Crippen molar-refractivity contribution in [3.05, 3.63) is 209 Å². The van der Waals surface area contributed by atoms with E-state index in [1.165, 1.54) is 97.1 Å². The molecule has 0 N–H and O–H groups in total. The van der Waals surface area contributed by atoms with E-state index in [9.17, 15) is 57.5 Å². The summed E-state index contributed by atoms with van der Waals surface area (Å²) in [6.07, 6.45) is 0. The summed E-state index contributed by atoms with van der Waals surface area (Å²) in [7, 11) is 0. The highest BCUT2D eigenvalue weighted by molar-refractivity contribution is 6.18. The second-order valence-electron chi connectivity index (χ2n) is 18.4. The van der Waals surface area contributed by atoms with Gasteiger partial charge in [-0.3, -0.25) is 0 Å². The Balaban J connectivity index is 0.000000188. The molecule has 4 aliphatic heterocycles. The molecule has 80 heavy (non-hydrogen) atoms. The lowest BCUT2D eigenvalue weighted by molar-refractivity contribution is 0.0425. The fourth-order valence-electron chi connectivity index (χ4n) is 9.05. The molecule has 0 saturated carbocycles. The van der Waals surface area contributed by atoms with Gasteiger partial charge in [-0.05, 0) is 195 Å². The summed E-state index contributed by atoms with van der Waals surface area (Å²) in [5.74, 6) is -8.28. The van der Waals surface area contributed by atoms with E-state index in [4.69, 9.17) is 18.9 Å². The number of cyclic esters (lactones) is 8. The summed E-state index contributed by atoms with van der Waals surface area (Å²) in [4.78, 5) is 145. The predicted octanol–water partition coefficient (Wildman–Crippen LogP) is 9.01. The summed E-state index contributed by atoms with van der Waals surface area (Å²) in [6.45, 7) is 11.2. The van der Waals surface area contributed by atoms with Crippen LogP contribution >= 0.6 is 0 Å². The van der Waals surface area contributed by atoms with Crippen LogP contribution in [0.1, 0.15) is 158 Å². The van der Waals surface area contributed by atoms with Gasteiger partial charge in [0, 0.05) is 0 Å². The van der Waals surface area contributed by atoms with E-state index in [1.807, 2.05) is 53.7 Å². The van der Waals surface area contributed by atoms with E-state index in [2.05, 4.69) is 18.9 Å². The Labute approximate surface area is 450 Å². The minimum atomic E-state index is -0.840. The number of esters is 12. The molecule has 0 fully saturated rings. The van der Waals surface area contributed by atoms with Gasteiger partial charge in [0.1, 0.15) is 23.0 Å². The second kappa shape index (κ2) is 20.2. The maximum atomic E-state index is 13.1. The Bertz CT molecular complexity index is 3820. The van der Waals surface area contributed by atoms with E-state index in [0.29, 0.717) is 22.6 Å².